The maximum atomic E-state index is 16.1. The third kappa shape index (κ3) is 2.49. The first-order chi connectivity index (χ1) is 9.07. The molecular weight excluding hydrogens is 253 g/mol. The van der Waals surface area contributed by atoms with Crippen LogP contribution in [0.25, 0.3) is 0 Å². The van der Waals surface area contributed by atoms with Gasteiger partial charge in [0.05, 0.1) is 0 Å². The molecule has 1 aliphatic carbocycles. The summed E-state index contributed by atoms with van der Waals surface area (Å²) in [5, 5.41) is 7.50. The van der Waals surface area contributed by atoms with Crippen LogP contribution < -0.4 is 4.68 Å². The van der Waals surface area contributed by atoms with Gasteiger partial charge in [0.1, 0.15) is 5.54 Å². The number of aryl methyl sites for hydroxylation is 1. The van der Waals surface area contributed by atoms with Crippen LogP contribution in [-0.4, -0.2) is 10.3 Å². The lowest BCUT2D eigenvalue weighted by Gasteiger charge is -2.38. The second-order valence-electron chi connectivity index (χ2n) is 8.13. The molecule has 0 radical (unpaired) electrons. The van der Waals surface area contributed by atoms with E-state index in [-0.39, 0.29) is 5.54 Å². The van der Waals surface area contributed by atoms with E-state index in [4.69, 9.17) is 0 Å². The molecule has 0 aliphatic heterocycles. The second kappa shape index (κ2) is 4.81. The Balaban J connectivity index is 2.66. The summed E-state index contributed by atoms with van der Waals surface area (Å²) in [6.45, 7) is 12.3. The zero-order chi connectivity index (χ0) is 15.2. The molecule has 0 aromatic carbocycles. The van der Waals surface area contributed by atoms with E-state index in [1.807, 2.05) is 25.5 Å². The highest BCUT2D eigenvalue weighted by molar-refractivity contribution is 5.18. The number of H-pyrrole nitrogens is 1. The predicted octanol–water partition coefficient (Wildman–Crippen LogP) is 3.78. The predicted molar refractivity (Wildman–Crippen MR) is 78.2 cm³/mol. The average Bonchev–Trinajstić information content (AvgIpc) is 2.67. The molecule has 4 heteroatoms. The van der Waals surface area contributed by atoms with Crippen LogP contribution in [0.1, 0.15) is 78.6 Å². The number of halogens is 1. The maximum Gasteiger partial charge on any atom is 0.225 e. The fourth-order valence-corrected chi connectivity index (χ4v) is 3.09. The minimum absolute atomic E-state index is 0.192. The van der Waals surface area contributed by atoms with E-state index in [1.165, 1.54) is 0 Å². The van der Waals surface area contributed by atoms with E-state index in [2.05, 4.69) is 31.1 Å². The molecule has 1 atom stereocenters. The number of aromatic nitrogens is 3. The van der Waals surface area contributed by atoms with Crippen LogP contribution in [0.15, 0.2) is 0 Å². The second-order valence-corrected chi connectivity index (χ2v) is 8.13. The molecule has 1 aromatic rings. The summed E-state index contributed by atoms with van der Waals surface area (Å²) in [7, 11) is 0. The van der Waals surface area contributed by atoms with Crippen molar-refractivity contribution in [3.05, 3.63) is 11.4 Å². The first-order valence-electron chi connectivity index (χ1n) is 7.76. The molecule has 0 saturated carbocycles. The van der Waals surface area contributed by atoms with Crippen molar-refractivity contribution in [1.29, 1.82) is 0 Å². The molecule has 1 aliphatic rings. The molecule has 1 heterocycles. The van der Waals surface area contributed by atoms with Crippen LogP contribution in [0.3, 0.4) is 0 Å². The van der Waals surface area contributed by atoms with Crippen LogP contribution >= 0.6 is 0 Å². The van der Waals surface area contributed by atoms with Crippen molar-refractivity contribution in [2.45, 2.75) is 84.9 Å². The Morgan fingerprint density at radius 3 is 2.30 bits per heavy atom. The van der Waals surface area contributed by atoms with Crippen LogP contribution in [0, 0.1) is 5.41 Å². The van der Waals surface area contributed by atoms with E-state index < -0.39 is 11.1 Å². The van der Waals surface area contributed by atoms with Gasteiger partial charge in [-0.25, -0.2) is 4.39 Å². The van der Waals surface area contributed by atoms with Crippen molar-refractivity contribution in [3.8, 4) is 0 Å². The average molecular weight is 282 g/mol. The quantitative estimate of drug-likeness (QED) is 0.722. The van der Waals surface area contributed by atoms with Crippen molar-refractivity contribution < 1.29 is 9.07 Å². The molecule has 0 spiro atoms. The molecule has 1 unspecified atom stereocenters. The summed E-state index contributed by atoms with van der Waals surface area (Å²) in [5.74, 6) is 0. The summed E-state index contributed by atoms with van der Waals surface area (Å²) in [6, 6.07) is 0. The lowest BCUT2D eigenvalue weighted by atomic mass is 9.71. The van der Waals surface area contributed by atoms with E-state index in [0.717, 1.165) is 37.1 Å². The van der Waals surface area contributed by atoms with Gasteiger partial charge in [-0.3, -0.25) is 0 Å². The van der Waals surface area contributed by atoms with Gasteiger partial charge in [0.2, 0.25) is 11.4 Å². The number of hydrogen-bond donors (Lipinski definition) is 1. The zero-order valence-corrected chi connectivity index (χ0v) is 13.8. The third-order valence-electron chi connectivity index (χ3n) is 4.45. The van der Waals surface area contributed by atoms with Crippen molar-refractivity contribution in [1.82, 2.24) is 10.3 Å². The Labute approximate surface area is 121 Å². The molecule has 0 saturated heterocycles. The number of rotatable bonds is 0. The first-order valence-corrected chi connectivity index (χ1v) is 7.76. The zero-order valence-electron chi connectivity index (χ0n) is 13.8. The standard InChI is InChI=1S/C16H28FN3/c1-14(2,3)16(17)11-9-7-8-10-12-13(16)20(19-18-12)15(4,5)6/h7-11H2,1-6H3/p+1. The minimum Gasteiger partial charge on any atom is -0.234 e. The van der Waals surface area contributed by atoms with Gasteiger partial charge in [0.15, 0.2) is 5.67 Å². The summed E-state index contributed by atoms with van der Waals surface area (Å²) >= 11 is 0. The van der Waals surface area contributed by atoms with Gasteiger partial charge in [0.25, 0.3) is 0 Å². The molecule has 0 fully saturated rings. The lowest BCUT2D eigenvalue weighted by molar-refractivity contribution is -0.816. The number of nitrogens with zero attached hydrogens (tertiary/aromatic N) is 2. The van der Waals surface area contributed by atoms with E-state index in [9.17, 15) is 0 Å². The Morgan fingerprint density at radius 1 is 1.10 bits per heavy atom. The van der Waals surface area contributed by atoms with E-state index in [0.29, 0.717) is 6.42 Å². The molecule has 3 nitrogen and oxygen atoms in total. The largest absolute Gasteiger partial charge is 0.234 e. The molecule has 20 heavy (non-hydrogen) atoms. The summed E-state index contributed by atoms with van der Waals surface area (Å²) in [6.07, 6.45) is 4.59. The van der Waals surface area contributed by atoms with Gasteiger partial charge >= 0.3 is 0 Å². The first kappa shape index (κ1) is 15.5. The van der Waals surface area contributed by atoms with Gasteiger partial charge in [-0.2, -0.15) is 4.68 Å². The Kier molecular flexibility index (Phi) is 3.72. The van der Waals surface area contributed by atoms with Gasteiger partial charge in [0, 0.05) is 16.9 Å². The van der Waals surface area contributed by atoms with Gasteiger partial charge in [-0.15, -0.1) is 0 Å². The number of fused-ring (bicyclic) bond motifs is 1. The summed E-state index contributed by atoms with van der Waals surface area (Å²) in [5.41, 5.74) is -0.268. The summed E-state index contributed by atoms with van der Waals surface area (Å²) < 4.78 is 18.0. The smallest absolute Gasteiger partial charge is 0.225 e. The Morgan fingerprint density at radius 2 is 1.75 bits per heavy atom. The molecular formula is C16H29FN3+. The van der Waals surface area contributed by atoms with E-state index >= 15 is 4.39 Å². The maximum absolute atomic E-state index is 16.1. The fraction of sp³-hybridized carbons (Fsp3) is 0.875. The SMILES string of the molecule is CC(C)(C)[n+]1[nH]nc2c1C(F)(C(C)(C)C)CCCCC2. The lowest BCUT2D eigenvalue weighted by Crippen LogP contribution is -2.59. The molecule has 2 rings (SSSR count). The Hall–Kier alpha value is -0.930. The van der Waals surface area contributed by atoms with Crippen LogP contribution in [0.2, 0.25) is 0 Å². The minimum atomic E-state index is -1.33. The third-order valence-corrected chi connectivity index (χ3v) is 4.45. The Bertz CT molecular complexity index is 479. The molecule has 0 bridgehead atoms. The number of nitrogens with one attached hydrogen (secondary N) is 1. The molecule has 1 aromatic heterocycles. The van der Waals surface area contributed by atoms with Crippen LogP contribution in [0.5, 0.6) is 0 Å². The molecule has 0 amide bonds. The number of alkyl halides is 1. The van der Waals surface area contributed by atoms with Gasteiger partial charge in [-0.05, 0) is 40.0 Å². The highest BCUT2D eigenvalue weighted by Gasteiger charge is 2.53. The van der Waals surface area contributed by atoms with Crippen molar-refractivity contribution >= 4 is 0 Å². The van der Waals surface area contributed by atoms with Gasteiger partial charge < -0.3 is 0 Å². The number of hydrogen-bond acceptors (Lipinski definition) is 1. The summed E-state index contributed by atoms with van der Waals surface area (Å²) in [4.78, 5) is 0. The van der Waals surface area contributed by atoms with Crippen molar-refractivity contribution in [2.75, 3.05) is 0 Å². The highest BCUT2D eigenvalue weighted by Crippen LogP contribution is 2.47. The van der Waals surface area contributed by atoms with Crippen molar-refractivity contribution in [3.63, 3.8) is 0 Å². The molecule has 1 N–H and O–H groups in total. The van der Waals surface area contributed by atoms with E-state index in [1.54, 1.807) is 0 Å². The topological polar surface area (TPSA) is 32.6 Å². The number of aromatic amines is 1. The highest BCUT2D eigenvalue weighted by atomic mass is 19.1. The van der Waals surface area contributed by atoms with Gasteiger partial charge in [-0.1, -0.05) is 32.4 Å². The van der Waals surface area contributed by atoms with Crippen LogP contribution in [0.4, 0.5) is 4.39 Å². The monoisotopic (exact) mass is 282 g/mol. The van der Waals surface area contributed by atoms with Crippen LogP contribution in [-0.2, 0) is 17.6 Å². The fourth-order valence-electron chi connectivity index (χ4n) is 3.09. The normalized spacial score (nSPS) is 24.9. The van der Waals surface area contributed by atoms with Crippen molar-refractivity contribution in [2.24, 2.45) is 5.41 Å². The molecule has 114 valence electrons.